The summed E-state index contributed by atoms with van der Waals surface area (Å²) in [6.07, 6.45) is -4.34. The van der Waals surface area contributed by atoms with Crippen LogP contribution in [0.25, 0.3) is 11.3 Å². The van der Waals surface area contributed by atoms with E-state index in [1.807, 2.05) is 0 Å². The van der Waals surface area contributed by atoms with Gasteiger partial charge in [0.25, 0.3) is 0 Å². The van der Waals surface area contributed by atoms with Gasteiger partial charge >= 0.3 is 6.18 Å². The van der Waals surface area contributed by atoms with Gasteiger partial charge in [-0.15, -0.1) is 0 Å². The number of aromatic nitrogens is 3. The maximum absolute atomic E-state index is 14.3. The van der Waals surface area contributed by atoms with Gasteiger partial charge < -0.3 is 5.32 Å². The van der Waals surface area contributed by atoms with Gasteiger partial charge in [-0.25, -0.2) is 31.6 Å². The number of carbonyl (C=O) groups excluding carboxylic acids is 1. The number of benzene rings is 1. The Hall–Kier alpha value is -3.59. The SMILES string of the molecule is O=C(NCc1cc(-c2cnc(C(F)(F)F)nc2)ncc1F)C1CC(F)CN1S(=O)(=O)c1ccc(F)cc1. The van der Waals surface area contributed by atoms with Crippen molar-refractivity contribution >= 4 is 15.9 Å². The number of rotatable bonds is 6. The molecule has 3 heterocycles. The normalized spacial score (nSPS) is 18.6. The number of sulfonamides is 1. The van der Waals surface area contributed by atoms with Crippen LogP contribution in [0.1, 0.15) is 17.8 Å². The number of hydrogen-bond donors (Lipinski definition) is 1. The second-order valence-electron chi connectivity index (χ2n) is 8.05. The Labute approximate surface area is 206 Å². The lowest BCUT2D eigenvalue weighted by atomic mass is 10.1. The lowest BCUT2D eigenvalue weighted by molar-refractivity contribution is -0.145. The summed E-state index contributed by atoms with van der Waals surface area (Å²) in [5.74, 6) is -3.81. The number of carbonyl (C=O) groups is 1. The maximum Gasteiger partial charge on any atom is 0.451 e. The van der Waals surface area contributed by atoms with Crippen LogP contribution < -0.4 is 5.32 Å². The van der Waals surface area contributed by atoms with Gasteiger partial charge in [-0.3, -0.25) is 9.78 Å². The number of nitrogens with one attached hydrogen (secondary N) is 1. The van der Waals surface area contributed by atoms with E-state index in [0.29, 0.717) is 4.31 Å². The first kappa shape index (κ1) is 26.5. The summed E-state index contributed by atoms with van der Waals surface area (Å²) in [7, 11) is -4.34. The summed E-state index contributed by atoms with van der Waals surface area (Å²) in [4.78, 5) is 22.7. The molecule has 2 atom stereocenters. The third kappa shape index (κ3) is 5.72. The van der Waals surface area contributed by atoms with Crippen LogP contribution in [0, 0.1) is 11.6 Å². The predicted octanol–water partition coefficient (Wildman–Crippen LogP) is 3.25. The minimum absolute atomic E-state index is 0.0181. The highest BCUT2D eigenvalue weighted by atomic mass is 32.2. The first-order valence-electron chi connectivity index (χ1n) is 10.6. The van der Waals surface area contributed by atoms with E-state index in [9.17, 15) is 39.6 Å². The first-order chi connectivity index (χ1) is 17.4. The molecule has 1 saturated heterocycles. The quantitative estimate of drug-likeness (QED) is 0.477. The Morgan fingerprint density at radius 2 is 1.70 bits per heavy atom. The highest BCUT2D eigenvalue weighted by Crippen LogP contribution is 2.29. The average Bonchev–Trinajstić information content (AvgIpc) is 3.26. The van der Waals surface area contributed by atoms with Crippen molar-refractivity contribution in [3.05, 3.63) is 71.9 Å². The monoisotopic (exact) mass is 545 g/mol. The molecular weight excluding hydrogens is 528 g/mol. The fraction of sp³-hybridized carbons (Fsp3) is 0.273. The van der Waals surface area contributed by atoms with E-state index in [1.165, 1.54) is 0 Å². The van der Waals surface area contributed by atoms with Gasteiger partial charge in [0.1, 0.15) is 23.8 Å². The fourth-order valence-corrected chi connectivity index (χ4v) is 5.31. The molecule has 0 bridgehead atoms. The minimum Gasteiger partial charge on any atom is -0.351 e. The van der Waals surface area contributed by atoms with Gasteiger partial charge in [-0.2, -0.15) is 17.5 Å². The molecule has 1 aromatic carbocycles. The molecule has 0 spiro atoms. The number of hydrogen-bond acceptors (Lipinski definition) is 6. The molecule has 1 aliphatic heterocycles. The Balaban J connectivity index is 1.50. The molecule has 8 nitrogen and oxygen atoms in total. The molecule has 37 heavy (non-hydrogen) atoms. The molecule has 0 aliphatic carbocycles. The topological polar surface area (TPSA) is 105 Å². The highest BCUT2D eigenvalue weighted by Gasteiger charge is 2.44. The summed E-state index contributed by atoms with van der Waals surface area (Å²) >= 11 is 0. The van der Waals surface area contributed by atoms with E-state index in [2.05, 4.69) is 20.3 Å². The Morgan fingerprint density at radius 1 is 1.05 bits per heavy atom. The zero-order chi connectivity index (χ0) is 27.0. The molecule has 1 aliphatic rings. The lowest BCUT2D eigenvalue weighted by Gasteiger charge is -2.23. The number of amides is 1. The van der Waals surface area contributed by atoms with E-state index in [0.717, 1.165) is 48.9 Å². The third-order valence-corrected chi connectivity index (χ3v) is 7.41. The molecule has 1 N–H and O–H groups in total. The molecular formula is C22H17F6N5O3S. The van der Waals surface area contributed by atoms with Gasteiger partial charge in [0.15, 0.2) is 0 Å². The van der Waals surface area contributed by atoms with Crippen molar-refractivity contribution in [3.8, 4) is 11.3 Å². The third-order valence-electron chi connectivity index (χ3n) is 5.52. The van der Waals surface area contributed by atoms with E-state index in [-0.39, 0.29) is 21.7 Å². The molecule has 2 aromatic heterocycles. The van der Waals surface area contributed by atoms with Crippen molar-refractivity contribution in [2.75, 3.05) is 6.54 Å². The zero-order valence-corrected chi connectivity index (χ0v) is 19.4. The molecule has 1 fully saturated rings. The van der Waals surface area contributed by atoms with E-state index in [1.54, 1.807) is 0 Å². The lowest BCUT2D eigenvalue weighted by Crippen LogP contribution is -2.45. The van der Waals surface area contributed by atoms with Crippen LogP contribution in [0.4, 0.5) is 26.3 Å². The van der Waals surface area contributed by atoms with E-state index >= 15 is 0 Å². The molecule has 15 heteroatoms. The summed E-state index contributed by atoms with van der Waals surface area (Å²) in [5.41, 5.74) is -0.0567. The summed E-state index contributed by atoms with van der Waals surface area (Å²) in [6.45, 7) is -1.06. The Morgan fingerprint density at radius 3 is 2.32 bits per heavy atom. The summed E-state index contributed by atoms with van der Waals surface area (Å²) in [6, 6.07) is 3.51. The van der Waals surface area contributed by atoms with Crippen molar-refractivity contribution in [3.63, 3.8) is 0 Å². The Bertz CT molecular complexity index is 1400. The minimum atomic E-state index is -4.75. The standard InChI is InChI=1S/C22H17F6N5O3S/c23-14-1-3-16(4-2-14)37(35,36)33-11-15(24)6-19(33)20(34)30-7-12-5-18(29-10-17(12)25)13-8-31-21(32-9-13)22(26,27)28/h1-5,8-10,15,19H,6-7,11H2,(H,30,34). The van der Waals surface area contributed by atoms with Crippen LogP contribution in [0.5, 0.6) is 0 Å². The fourth-order valence-electron chi connectivity index (χ4n) is 3.68. The molecule has 4 rings (SSSR count). The molecule has 1 amide bonds. The van der Waals surface area contributed by atoms with Crippen molar-refractivity contribution in [1.82, 2.24) is 24.6 Å². The van der Waals surface area contributed by atoms with E-state index < -0.39 is 71.3 Å². The number of halogens is 6. The van der Waals surface area contributed by atoms with Gasteiger partial charge in [0, 0.05) is 43.0 Å². The van der Waals surface area contributed by atoms with Gasteiger partial charge in [0.05, 0.1) is 16.8 Å². The van der Waals surface area contributed by atoms with Crippen LogP contribution in [0.3, 0.4) is 0 Å². The van der Waals surface area contributed by atoms with Crippen LogP contribution in [-0.4, -0.2) is 52.3 Å². The smallest absolute Gasteiger partial charge is 0.351 e. The summed E-state index contributed by atoms with van der Waals surface area (Å²) in [5, 5.41) is 2.35. The average molecular weight is 545 g/mol. The van der Waals surface area contributed by atoms with Crippen molar-refractivity contribution in [2.24, 2.45) is 0 Å². The molecule has 3 aromatic rings. The van der Waals surface area contributed by atoms with Gasteiger partial charge in [0.2, 0.25) is 21.8 Å². The molecule has 2 unspecified atom stereocenters. The first-order valence-corrected chi connectivity index (χ1v) is 12.0. The zero-order valence-electron chi connectivity index (χ0n) is 18.6. The van der Waals surface area contributed by atoms with Gasteiger partial charge in [-0.05, 0) is 30.3 Å². The molecule has 0 saturated carbocycles. The van der Waals surface area contributed by atoms with Crippen LogP contribution >= 0.6 is 0 Å². The van der Waals surface area contributed by atoms with Crippen LogP contribution in [0.2, 0.25) is 0 Å². The number of nitrogens with zero attached hydrogens (tertiary/aromatic N) is 4. The van der Waals surface area contributed by atoms with Gasteiger partial charge in [-0.1, -0.05) is 0 Å². The van der Waals surface area contributed by atoms with Crippen LogP contribution in [0.15, 0.2) is 53.8 Å². The number of pyridine rings is 1. The predicted molar refractivity (Wildman–Crippen MR) is 116 cm³/mol. The van der Waals surface area contributed by atoms with Crippen LogP contribution in [-0.2, 0) is 27.5 Å². The second-order valence-corrected chi connectivity index (χ2v) is 9.94. The molecule has 196 valence electrons. The van der Waals surface area contributed by atoms with Crippen molar-refractivity contribution in [1.29, 1.82) is 0 Å². The number of alkyl halides is 4. The largest absolute Gasteiger partial charge is 0.451 e. The Kier molecular flexibility index (Phi) is 7.19. The van der Waals surface area contributed by atoms with Crippen molar-refractivity contribution in [2.45, 2.75) is 36.3 Å². The maximum atomic E-state index is 14.3. The highest BCUT2D eigenvalue weighted by molar-refractivity contribution is 7.89. The van der Waals surface area contributed by atoms with Crippen molar-refractivity contribution < 1.29 is 39.6 Å². The summed E-state index contributed by atoms with van der Waals surface area (Å²) < 4.78 is 106. The molecule has 0 radical (unpaired) electrons. The van der Waals surface area contributed by atoms with E-state index in [4.69, 9.17) is 0 Å². The second kappa shape index (κ2) is 10.0.